The zero-order valence-electron chi connectivity index (χ0n) is 17.3. The van der Waals surface area contributed by atoms with E-state index in [0.717, 1.165) is 0 Å². The number of nitrogens with zero attached hydrogens (tertiary/aromatic N) is 3. The number of hydrogen-bond donors (Lipinski definition) is 1. The Kier molecular flexibility index (Phi) is 7.42. The highest BCUT2D eigenvalue weighted by molar-refractivity contribution is 7.89. The van der Waals surface area contributed by atoms with Crippen molar-refractivity contribution in [1.82, 2.24) is 14.4 Å². The number of aryl methyl sites for hydroxylation is 1. The number of aromatic nitrogens is 2. The summed E-state index contributed by atoms with van der Waals surface area (Å²) in [7, 11) is -3.74. The van der Waals surface area contributed by atoms with Crippen LogP contribution in [0.4, 0.5) is 5.69 Å². The van der Waals surface area contributed by atoms with Crippen LogP contribution in [0.25, 0.3) is 0 Å². The number of hydrogen-bond acceptors (Lipinski definition) is 6. The van der Waals surface area contributed by atoms with E-state index in [2.05, 4.69) is 15.5 Å². The molecule has 2 aromatic rings. The average molecular weight is 443 g/mol. The number of benzene rings is 1. The lowest BCUT2D eigenvalue weighted by molar-refractivity contribution is -0.116. The Bertz CT molecular complexity index is 963. The van der Waals surface area contributed by atoms with E-state index in [1.165, 1.54) is 16.4 Å². The van der Waals surface area contributed by atoms with Crippen molar-refractivity contribution in [2.24, 2.45) is 0 Å². The zero-order valence-corrected chi connectivity index (χ0v) is 18.9. The molecule has 2 rings (SSSR count). The zero-order chi connectivity index (χ0) is 21.8. The first-order valence-corrected chi connectivity index (χ1v) is 11.2. The maximum absolute atomic E-state index is 12.7. The number of carbonyl (C=O) groups is 1. The molecule has 10 heteroatoms. The molecule has 0 spiro atoms. The van der Waals surface area contributed by atoms with E-state index in [-0.39, 0.29) is 34.1 Å². The second-order valence-corrected chi connectivity index (χ2v) is 9.86. The molecule has 1 amide bonds. The lowest BCUT2D eigenvalue weighted by Gasteiger charge is -2.19. The van der Waals surface area contributed by atoms with Gasteiger partial charge in [-0.1, -0.05) is 51.4 Å². The van der Waals surface area contributed by atoms with Crippen LogP contribution in [-0.2, 0) is 26.7 Å². The third-order valence-corrected chi connectivity index (χ3v) is 6.77. The van der Waals surface area contributed by atoms with Crippen molar-refractivity contribution in [3.8, 4) is 0 Å². The van der Waals surface area contributed by atoms with Crippen LogP contribution in [0.3, 0.4) is 0 Å². The van der Waals surface area contributed by atoms with E-state index in [1.807, 2.05) is 20.8 Å². The molecular weight excluding hydrogens is 416 g/mol. The van der Waals surface area contributed by atoms with E-state index >= 15 is 0 Å². The number of amides is 1. The van der Waals surface area contributed by atoms with Crippen molar-refractivity contribution >= 4 is 33.2 Å². The van der Waals surface area contributed by atoms with Crippen LogP contribution in [0.15, 0.2) is 27.6 Å². The molecule has 1 aromatic heterocycles. The second-order valence-electron chi connectivity index (χ2n) is 7.54. The minimum absolute atomic E-state index is 0.0348. The summed E-state index contributed by atoms with van der Waals surface area (Å²) in [5.41, 5.74) is 0.117. The third-order valence-electron chi connectivity index (χ3n) is 4.24. The minimum atomic E-state index is -3.74. The fourth-order valence-electron chi connectivity index (χ4n) is 2.59. The Labute approximate surface area is 176 Å². The summed E-state index contributed by atoms with van der Waals surface area (Å²) in [6.07, 6.45) is 0.402. The molecule has 0 radical (unpaired) electrons. The van der Waals surface area contributed by atoms with Gasteiger partial charge in [-0.2, -0.15) is 9.29 Å². The molecule has 0 fully saturated rings. The van der Waals surface area contributed by atoms with Crippen molar-refractivity contribution in [2.75, 3.05) is 18.4 Å². The summed E-state index contributed by atoms with van der Waals surface area (Å²) >= 11 is 6.11. The van der Waals surface area contributed by atoms with E-state index in [0.29, 0.717) is 30.5 Å². The molecule has 0 aliphatic rings. The summed E-state index contributed by atoms with van der Waals surface area (Å²) in [4.78, 5) is 16.5. The summed E-state index contributed by atoms with van der Waals surface area (Å²) in [5, 5.41) is 6.73. The normalized spacial score (nSPS) is 12.4. The molecule has 0 saturated carbocycles. The van der Waals surface area contributed by atoms with E-state index in [9.17, 15) is 13.2 Å². The Morgan fingerprint density at radius 3 is 2.45 bits per heavy atom. The van der Waals surface area contributed by atoms with Crippen LogP contribution >= 0.6 is 11.6 Å². The largest absolute Gasteiger partial charge is 0.339 e. The van der Waals surface area contributed by atoms with E-state index in [4.69, 9.17) is 16.1 Å². The molecule has 1 aromatic carbocycles. The first-order chi connectivity index (χ1) is 13.5. The molecule has 1 N–H and O–H groups in total. The predicted octanol–water partition coefficient (Wildman–Crippen LogP) is 3.62. The Morgan fingerprint density at radius 2 is 1.90 bits per heavy atom. The molecule has 8 nitrogen and oxygen atoms in total. The molecule has 0 aliphatic heterocycles. The van der Waals surface area contributed by atoms with Crippen LogP contribution in [0, 0.1) is 0 Å². The first kappa shape index (κ1) is 23.3. The fraction of sp³-hybridized carbons (Fsp3) is 0.526. The highest BCUT2D eigenvalue weighted by Crippen LogP contribution is 2.28. The second kappa shape index (κ2) is 9.23. The average Bonchev–Trinajstić information content (AvgIpc) is 3.12. The molecule has 160 valence electrons. The van der Waals surface area contributed by atoms with Crippen LogP contribution in [-0.4, -0.2) is 41.9 Å². The van der Waals surface area contributed by atoms with Gasteiger partial charge >= 0.3 is 0 Å². The highest BCUT2D eigenvalue weighted by Gasteiger charge is 2.25. The molecule has 0 atom stereocenters. The topological polar surface area (TPSA) is 105 Å². The van der Waals surface area contributed by atoms with Crippen LogP contribution < -0.4 is 5.32 Å². The summed E-state index contributed by atoms with van der Waals surface area (Å²) in [5.74, 6) is 0.664. The number of carbonyl (C=O) groups excluding carboxylic acids is 1. The molecule has 0 bridgehead atoms. The highest BCUT2D eigenvalue weighted by atomic mass is 35.5. The molecule has 0 unspecified atom stereocenters. The van der Waals surface area contributed by atoms with Crippen molar-refractivity contribution in [3.63, 3.8) is 0 Å². The van der Waals surface area contributed by atoms with Gasteiger partial charge in [0.15, 0.2) is 5.82 Å². The fourth-order valence-corrected chi connectivity index (χ4v) is 4.54. The van der Waals surface area contributed by atoms with Crippen LogP contribution in [0.2, 0.25) is 5.02 Å². The van der Waals surface area contributed by atoms with Gasteiger partial charge in [-0.15, -0.1) is 0 Å². The minimum Gasteiger partial charge on any atom is -0.339 e. The molecule has 1 heterocycles. The van der Waals surface area contributed by atoms with Crippen molar-refractivity contribution in [2.45, 2.75) is 57.8 Å². The standard InChI is InChI=1S/C19H27ClN4O4S/c1-6-24(7-2)29(26,27)15-12-13(8-9-14(15)20)21-16(25)10-11-17-22-18(23-28-17)19(3,4)5/h8-9,12H,6-7,10-11H2,1-5H3,(H,21,25). The number of sulfonamides is 1. The van der Waals surface area contributed by atoms with E-state index < -0.39 is 10.0 Å². The molecule has 29 heavy (non-hydrogen) atoms. The lowest BCUT2D eigenvalue weighted by atomic mass is 9.96. The third kappa shape index (κ3) is 5.77. The van der Waals surface area contributed by atoms with Gasteiger partial charge in [0.1, 0.15) is 4.90 Å². The van der Waals surface area contributed by atoms with Gasteiger partial charge < -0.3 is 9.84 Å². The van der Waals surface area contributed by atoms with Crippen LogP contribution in [0.5, 0.6) is 0 Å². The Morgan fingerprint density at radius 1 is 1.24 bits per heavy atom. The van der Waals surface area contributed by atoms with E-state index in [1.54, 1.807) is 19.9 Å². The van der Waals surface area contributed by atoms with Gasteiger partial charge in [-0.25, -0.2) is 8.42 Å². The van der Waals surface area contributed by atoms with Gasteiger partial charge in [0.2, 0.25) is 21.8 Å². The van der Waals surface area contributed by atoms with Crippen molar-refractivity contribution < 1.29 is 17.7 Å². The van der Waals surface area contributed by atoms with Crippen LogP contribution in [0.1, 0.15) is 52.8 Å². The lowest BCUT2D eigenvalue weighted by Crippen LogP contribution is -2.30. The van der Waals surface area contributed by atoms with Gasteiger partial charge in [-0.3, -0.25) is 4.79 Å². The molecular formula is C19H27ClN4O4S. The maximum atomic E-state index is 12.7. The predicted molar refractivity (Wildman–Crippen MR) is 112 cm³/mol. The van der Waals surface area contributed by atoms with Gasteiger partial charge in [0.05, 0.1) is 5.02 Å². The SMILES string of the molecule is CCN(CC)S(=O)(=O)c1cc(NC(=O)CCc2nc(C(C)(C)C)no2)ccc1Cl. The summed E-state index contributed by atoms with van der Waals surface area (Å²) in [6, 6.07) is 4.39. The molecule has 0 saturated heterocycles. The number of anilines is 1. The smallest absolute Gasteiger partial charge is 0.244 e. The number of nitrogens with one attached hydrogen (secondary N) is 1. The van der Waals surface area contributed by atoms with Gasteiger partial charge in [-0.05, 0) is 18.2 Å². The van der Waals surface area contributed by atoms with Gasteiger partial charge in [0.25, 0.3) is 0 Å². The van der Waals surface area contributed by atoms with Crippen molar-refractivity contribution in [3.05, 3.63) is 34.9 Å². The summed E-state index contributed by atoms with van der Waals surface area (Å²) in [6.45, 7) is 10.1. The Hall–Kier alpha value is -1.97. The molecule has 0 aliphatic carbocycles. The quantitative estimate of drug-likeness (QED) is 0.669. The first-order valence-electron chi connectivity index (χ1n) is 9.41. The van der Waals surface area contributed by atoms with Crippen molar-refractivity contribution in [1.29, 1.82) is 0 Å². The number of rotatable bonds is 8. The summed E-state index contributed by atoms with van der Waals surface area (Å²) < 4.78 is 32.0. The maximum Gasteiger partial charge on any atom is 0.244 e. The Balaban J connectivity index is 2.08. The monoisotopic (exact) mass is 442 g/mol. The number of halogens is 1. The van der Waals surface area contributed by atoms with Gasteiger partial charge in [0, 0.05) is 37.0 Å².